The van der Waals surface area contributed by atoms with Crippen LogP contribution in [0, 0.1) is 5.92 Å². The van der Waals surface area contributed by atoms with Crippen LogP contribution in [0.1, 0.15) is 13.8 Å². The molecule has 1 amide bonds. The first-order chi connectivity index (χ1) is 7.18. The predicted octanol–water partition coefficient (Wildman–Crippen LogP) is 0.256. The van der Waals surface area contributed by atoms with Crippen molar-refractivity contribution >= 4 is 11.9 Å². The van der Waals surface area contributed by atoms with Crippen LogP contribution in [-0.4, -0.2) is 49.2 Å². The molecule has 0 N–H and O–H groups in total. The topological polar surface area (TPSA) is 51.1 Å². The van der Waals surface area contributed by atoms with Crippen LogP contribution < -0.4 is 0 Å². The molecule has 2 rings (SSSR count). The van der Waals surface area contributed by atoms with E-state index in [1.165, 1.54) is 0 Å². The highest BCUT2D eigenvalue weighted by Gasteiger charge is 2.34. The van der Waals surface area contributed by atoms with E-state index in [2.05, 4.69) is 4.99 Å². The molecule has 1 saturated heterocycles. The summed E-state index contributed by atoms with van der Waals surface area (Å²) in [6.45, 7) is 6.75. The Morgan fingerprint density at radius 2 is 2.07 bits per heavy atom. The van der Waals surface area contributed by atoms with Crippen molar-refractivity contribution in [2.45, 2.75) is 20.0 Å². The van der Waals surface area contributed by atoms with E-state index in [0.29, 0.717) is 19.2 Å². The second-order valence-electron chi connectivity index (χ2n) is 4.11. The number of nitrogens with zero attached hydrogens (tertiary/aromatic N) is 2. The van der Waals surface area contributed by atoms with Crippen molar-refractivity contribution in [3.05, 3.63) is 0 Å². The molecular weight excluding hydrogens is 196 g/mol. The Balaban J connectivity index is 2.00. The second kappa shape index (κ2) is 4.18. The van der Waals surface area contributed by atoms with Gasteiger partial charge in [0.25, 0.3) is 11.9 Å². The van der Waals surface area contributed by atoms with Gasteiger partial charge < -0.3 is 14.4 Å². The van der Waals surface area contributed by atoms with Crippen LogP contribution in [0.2, 0.25) is 0 Å². The zero-order chi connectivity index (χ0) is 10.8. The van der Waals surface area contributed by atoms with Crippen LogP contribution in [0.5, 0.6) is 0 Å². The van der Waals surface area contributed by atoms with Gasteiger partial charge in [0.2, 0.25) is 0 Å². The first kappa shape index (κ1) is 10.4. The number of carbonyl (C=O) groups excluding carboxylic acids is 1. The van der Waals surface area contributed by atoms with Crippen molar-refractivity contribution in [3.63, 3.8) is 0 Å². The molecule has 0 saturated carbocycles. The molecule has 0 aromatic heterocycles. The van der Waals surface area contributed by atoms with Crippen molar-refractivity contribution in [3.8, 4) is 0 Å². The molecule has 2 aliphatic heterocycles. The molecule has 5 heteroatoms. The average molecular weight is 212 g/mol. The monoisotopic (exact) mass is 212 g/mol. The number of carbonyl (C=O) groups is 1. The molecule has 84 valence electrons. The summed E-state index contributed by atoms with van der Waals surface area (Å²) in [6.07, 6.45) is -0.400. The molecule has 2 heterocycles. The van der Waals surface area contributed by atoms with Crippen molar-refractivity contribution < 1.29 is 14.3 Å². The van der Waals surface area contributed by atoms with Crippen LogP contribution in [0.15, 0.2) is 4.99 Å². The number of aliphatic imine (C=N–C) groups is 1. The normalized spacial score (nSPS) is 26.9. The fraction of sp³-hybridized carbons (Fsp3) is 0.800. The quantitative estimate of drug-likeness (QED) is 0.625. The third-order valence-electron chi connectivity index (χ3n) is 2.57. The van der Waals surface area contributed by atoms with Crippen LogP contribution in [0.4, 0.5) is 0 Å². The number of morpholine rings is 1. The summed E-state index contributed by atoms with van der Waals surface area (Å²) >= 11 is 0. The number of hydrogen-bond donors (Lipinski definition) is 0. The third kappa shape index (κ3) is 2.12. The van der Waals surface area contributed by atoms with Crippen LogP contribution in [-0.2, 0) is 14.3 Å². The minimum absolute atomic E-state index is 0.161. The van der Waals surface area contributed by atoms with Gasteiger partial charge in [-0.1, -0.05) is 13.8 Å². The van der Waals surface area contributed by atoms with Crippen molar-refractivity contribution in [1.29, 1.82) is 0 Å². The van der Waals surface area contributed by atoms with E-state index in [1.54, 1.807) is 0 Å². The average Bonchev–Trinajstić information content (AvgIpc) is 2.62. The zero-order valence-electron chi connectivity index (χ0n) is 9.10. The molecule has 0 aliphatic carbocycles. The molecular formula is C10H16N2O3. The first-order valence-electron chi connectivity index (χ1n) is 5.30. The fourth-order valence-electron chi connectivity index (χ4n) is 1.67. The highest BCUT2D eigenvalue weighted by molar-refractivity contribution is 5.98. The summed E-state index contributed by atoms with van der Waals surface area (Å²) < 4.78 is 10.8. The second-order valence-corrected chi connectivity index (χ2v) is 4.11. The molecule has 0 aromatic carbocycles. The molecule has 5 nitrogen and oxygen atoms in total. The Bertz CT molecular complexity index is 282. The standard InChI is InChI=1S/C10H16N2O3/c1-7(2)8-9(13)11-10(15-8)12-3-5-14-6-4-12/h7-8H,3-6H2,1-2H3. The summed E-state index contributed by atoms with van der Waals surface area (Å²) in [6, 6.07) is 0.474. The van der Waals surface area contributed by atoms with E-state index in [-0.39, 0.29) is 11.8 Å². The summed E-state index contributed by atoms with van der Waals surface area (Å²) in [7, 11) is 0. The maximum absolute atomic E-state index is 11.5. The van der Waals surface area contributed by atoms with Gasteiger partial charge in [0.1, 0.15) is 0 Å². The van der Waals surface area contributed by atoms with Gasteiger partial charge in [0, 0.05) is 13.1 Å². The highest BCUT2D eigenvalue weighted by Crippen LogP contribution is 2.17. The van der Waals surface area contributed by atoms with Gasteiger partial charge in [-0.15, -0.1) is 0 Å². The molecule has 1 fully saturated rings. The Morgan fingerprint density at radius 1 is 1.40 bits per heavy atom. The maximum atomic E-state index is 11.5. The first-order valence-corrected chi connectivity index (χ1v) is 5.30. The number of rotatable bonds is 1. The van der Waals surface area contributed by atoms with Gasteiger partial charge in [-0.25, -0.2) is 0 Å². The lowest BCUT2D eigenvalue weighted by molar-refractivity contribution is -0.124. The zero-order valence-corrected chi connectivity index (χ0v) is 9.10. The van der Waals surface area contributed by atoms with Crippen LogP contribution in [0.25, 0.3) is 0 Å². The largest absolute Gasteiger partial charge is 0.451 e. The molecule has 2 aliphatic rings. The van der Waals surface area contributed by atoms with Crippen LogP contribution in [0.3, 0.4) is 0 Å². The van der Waals surface area contributed by atoms with E-state index in [0.717, 1.165) is 13.1 Å². The number of hydrogen-bond acceptors (Lipinski definition) is 4. The van der Waals surface area contributed by atoms with Gasteiger partial charge in [0.15, 0.2) is 6.10 Å². The van der Waals surface area contributed by atoms with E-state index >= 15 is 0 Å². The Hall–Kier alpha value is -1.10. The van der Waals surface area contributed by atoms with E-state index in [9.17, 15) is 4.79 Å². The lowest BCUT2D eigenvalue weighted by atomic mass is 10.1. The minimum atomic E-state index is -0.400. The molecule has 0 bridgehead atoms. The number of ether oxygens (including phenoxy) is 2. The van der Waals surface area contributed by atoms with Gasteiger partial charge >= 0.3 is 0 Å². The SMILES string of the molecule is CC(C)C1OC(N2CCOCC2)=NC1=O. The van der Waals surface area contributed by atoms with Crippen molar-refractivity contribution in [2.24, 2.45) is 10.9 Å². The number of amides is 1. The molecule has 15 heavy (non-hydrogen) atoms. The van der Waals surface area contributed by atoms with Gasteiger partial charge in [-0.2, -0.15) is 4.99 Å². The van der Waals surface area contributed by atoms with E-state index < -0.39 is 6.10 Å². The molecule has 0 aromatic rings. The van der Waals surface area contributed by atoms with E-state index in [1.807, 2.05) is 18.7 Å². The van der Waals surface area contributed by atoms with Gasteiger partial charge in [-0.3, -0.25) is 4.79 Å². The Morgan fingerprint density at radius 3 is 2.60 bits per heavy atom. The van der Waals surface area contributed by atoms with Crippen molar-refractivity contribution in [1.82, 2.24) is 4.90 Å². The minimum Gasteiger partial charge on any atom is -0.451 e. The van der Waals surface area contributed by atoms with Gasteiger partial charge in [0.05, 0.1) is 13.2 Å². The van der Waals surface area contributed by atoms with Gasteiger partial charge in [-0.05, 0) is 5.92 Å². The molecule has 1 atom stereocenters. The molecule has 1 unspecified atom stereocenters. The highest BCUT2D eigenvalue weighted by atomic mass is 16.5. The summed E-state index contributed by atoms with van der Waals surface area (Å²) in [4.78, 5) is 17.4. The summed E-state index contributed by atoms with van der Waals surface area (Å²) in [5.41, 5.74) is 0. The maximum Gasteiger partial charge on any atom is 0.296 e. The third-order valence-corrected chi connectivity index (χ3v) is 2.57. The molecule has 0 radical (unpaired) electrons. The summed E-state index contributed by atoms with van der Waals surface area (Å²) in [5.74, 6) is 0.00582. The van der Waals surface area contributed by atoms with E-state index in [4.69, 9.17) is 9.47 Å². The lowest BCUT2D eigenvalue weighted by Crippen LogP contribution is -2.41. The van der Waals surface area contributed by atoms with Crippen molar-refractivity contribution in [2.75, 3.05) is 26.3 Å². The molecule has 0 spiro atoms. The smallest absolute Gasteiger partial charge is 0.296 e. The van der Waals surface area contributed by atoms with Crippen LogP contribution >= 0.6 is 0 Å². The Labute approximate surface area is 89.1 Å². The Kier molecular flexibility index (Phi) is 2.90. The lowest BCUT2D eigenvalue weighted by Gasteiger charge is -2.27. The summed E-state index contributed by atoms with van der Waals surface area (Å²) in [5, 5.41) is 0. The fourth-order valence-corrected chi connectivity index (χ4v) is 1.67. The number of amidine groups is 1. The predicted molar refractivity (Wildman–Crippen MR) is 54.5 cm³/mol.